The second kappa shape index (κ2) is 11.0. The predicted molar refractivity (Wildman–Crippen MR) is 144 cm³/mol. The number of alkyl halides is 3. The average molecular weight is 513 g/mol. The molecule has 38 heavy (non-hydrogen) atoms. The van der Waals surface area contributed by atoms with Gasteiger partial charge in [-0.1, -0.05) is 91.0 Å². The van der Waals surface area contributed by atoms with Crippen molar-refractivity contribution in [3.63, 3.8) is 0 Å². The molecule has 0 aliphatic carbocycles. The molecule has 1 aromatic heterocycles. The normalized spacial score (nSPS) is 12.4. The van der Waals surface area contributed by atoms with Crippen LogP contribution < -0.4 is 5.32 Å². The number of amides is 1. The van der Waals surface area contributed by atoms with Gasteiger partial charge in [-0.2, -0.15) is 13.2 Å². The number of nitrogens with one attached hydrogen (secondary N) is 1. The van der Waals surface area contributed by atoms with E-state index >= 15 is 0 Å². The second-order valence-electron chi connectivity index (χ2n) is 9.35. The van der Waals surface area contributed by atoms with Crippen molar-refractivity contribution < 1.29 is 18.0 Å². The van der Waals surface area contributed by atoms with Crippen LogP contribution in [0.2, 0.25) is 0 Å². The van der Waals surface area contributed by atoms with Crippen molar-refractivity contribution in [3.8, 4) is 0 Å². The van der Waals surface area contributed by atoms with Gasteiger partial charge in [0.2, 0.25) is 5.91 Å². The quantitative estimate of drug-likeness (QED) is 0.229. The van der Waals surface area contributed by atoms with Gasteiger partial charge in [0.25, 0.3) is 0 Å². The predicted octanol–water partition coefficient (Wildman–Crippen LogP) is 7.55. The minimum atomic E-state index is -4.42. The lowest BCUT2D eigenvalue weighted by molar-refractivity contribution is -0.137. The number of benzene rings is 4. The summed E-state index contributed by atoms with van der Waals surface area (Å²) in [5, 5.41) is 3.95. The fourth-order valence-electron chi connectivity index (χ4n) is 4.83. The molecule has 1 amide bonds. The van der Waals surface area contributed by atoms with Crippen molar-refractivity contribution in [2.75, 3.05) is 0 Å². The van der Waals surface area contributed by atoms with Crippen LogP contribution >= 0.6 is 0 Å². The van der Waals surface area contributed by atoms with Crippen molar-refractivity contribution >= 4 is 16.8 Å². The third-order valence-corrected chi connectivity index (χ3v) is 6.75. The third kappa shape index (κ3) is 5.80. The van der Waals surface area contributed by atoms with E-state index in [-0.39, 0.29) is 12.3 Å². The van der Waals surface area contributed by atoms with Crippen molar-refractivity contribution in [2.45, 2.75) is 31.6 Å². The summed E-state index contributed by atoms with van der Waals surface area (Å²) in [5.41, 5.74) is 3.98. The van der Waals surface area contributed by atoms with Gasteiger partial charge in [0.05, 0.1) is 5.56 Å². The van der Waals surface area contributed by atoms with E-state index in [0.29, 0.717) is 18.7 Å². The molecule has 0 aliphatic heterocycles. The van der Waals surface area contributed by atoms with E-state index in [1.54, 1.807) is 0 Å². The summed E-state index contributed by atoms with van der Waals surface area (Å²) in [5.74, 6) is -0.589. The van der Waals surface area contributed by atoms with Crippen molar-refractivity contribution in [1.82, 2.24) is 9.88 Å². The molecule has 3 nitrogen and oxygen atoms in total. The number of rotatable bonds is 8. The molecule has 0 fully saturated rings. The summed E-state index contributed by atoms with van der Waals surface area (Å²) >= 11 is 0. The fraction of sp³-hybridized carbons (Fsp3) is 0.156. The number of halogens is 3. The summed E-state index contributed by atoms with van der Waals surface area (Å²) in [4.78, 5) is 13.1. The molecule has 0 bridgehead atoms. The number of hydrogen-bond acceptors (Lipinski definition) is 1. The number of fused-ring (bicyclic) bond motifs is 1. The highest BCUT2D eigenvalue weighted by molar-refractivity contribution is 5.86. The van der Waals surface area contributed by atoms with Crippen LogP contribution in [0.15, 0.2) is 115 Å². The van der Waals surface area contributed by atoms with Gasteiger partial charge in [-0.15, -0.1) is 0 Å². The van der Waals surface area contributed by atoms with Crippen LogP contribution in [0.4, 0.5) is 13.2 Å². The van der Waals surface area contributed by atoms with Crippen LogP contribution in [0.5, 0.6) is 0 Å². The SMILES string of the molecule is O=C(CC(c1ccc(C(F)(F)F)cc1)c1cn(Cc2ccccc2)c2ccccc12)NCc1ccccc1. The van der Waals surface area contributed by atoms with Gasteiger partial charge in [0.15, 0.2) is 0 Å². The fourth-order valence-corrected chi connectivity index (χ4v) is 4.83. The van der Waals surface area contributed by atoms with Crippen LogP contribution in [-0.4, -0.2) is 10.5 Å². The van der Waals surface area contributed by atoms with E-state index in [9.17, 15) is 18.0 Å². The lowest BCUT2D eigenvalue weighted by Crippen LogP contribution is -2.25. The molecule has 5 rings (SSSR count). The van der Waals surface area contributed by atoms with E-state index < -0.39 is 17.7 Å². The van der Waals surface area contributed by atoms with Gasteiger partial charge in [-0.05, 0) is 40.5 Å². The Kier molecular flexibility index (Phi) is 7.31. The minimum absolute atomic E-state index is 0.109. The number of carbonyl (C=O) groups excluding carboxylic acids is 1. The summed E-state index contributed by atoms with van der Waals surface area (Å²) in [6.45, 7) is 1.02. The van der Waals surface area contributed by atoms with Gasteiger partial charge in [0, 0.05) is 42.5 Å². The summed E-state index contributed by atoms with van der Waals surface area (Å²) < 4.78 is 41.9. The highest BCUT2D eigenvalue weighted by atomic mass is 19.4. The summed E-state index contributed by atoms with van der Waals surface area (Å²) in [7, 11) is 0. The van der Waals surface area contributed by atoms with Crippen molar-refractivity contribution in [1.29, 1.82) is 0 Å². The standard InChI is InChI=1S/C32H27F3N2O/c33-32(34,35)26-17-15-25(16-18-26)28(19-31(38)36-20-23-9-3-1-4-10-23)29-22-37(21-24-11-5-2-6-12-24)30-14-8-7-13-27(29)30/h1-18,22,28H,19-21H2,(H,36,38). The molecule has 1 atom stereocenters. The molecule has 0 radical (unpaired) electrons. The highest BCUT2D eigenvalue weighted by Crippen LogP contribution is 2.37. The zero-order valence-electron chi connectivity index (χ0n) is 20.7. The number of hydrogen-bond donors (Lipinski definition) is 1. The van der Waals surface area contributed by atoms with E-state index in [0.717, 1.165) is 39.7 Å². The number of carbonyl (C=O) groups is 1. The van der Waals surface area contributed by atoms with Gasteiger partial charge < -0.3 is 9.88 Å². The molecule has 1 N–H and O–H groups in total. The topological polar surface area (TPSA) is 34.0 Å². The third-order valence-electron chi connectivity index (χ3n) is 6.75. The maximum atomic E-state index is 13.3. The zero-order valence-corrected chi connectivity index (χ0v) is 20.7. The Balaban J connectivity index is 1.51. The first kappa shape index (κ1) is 25.3. The number of para-hydroxylation sites is 1. The Labute approximate surface area is 219 Å². The second-order valence-corrected chi connectivity index (χ2v) is 9.35. The number of aromatic nitrogens is 1. The van der Waals surface area contributed by atoms with Gasteiger partial charge in [-0.3, -0.25) is 4.79 Å². The molecule has 0 spiro atoms. The van der Waals surface area contributed by atoms with Crippen LogP contribution in [0.25, 0.3) is 10.9 Å². The molecule has 0 saturated carbocycles. The molecule has 192 valence electrons. The van der Waals surface area contributed by atoms with Crippen LogP contribution in [0.3, 0.4) is 0 Å². The maximum absolute atomic E-state index is 13.3. The molecular weight excluding hydrogens is 485 g/mol. The molecule has 6 heteroatoms. The Morgan fingerprint density at radius 1 is 0.763 bits per heavy atom. The largest absolute Gasteiger partial charge is 0.416 e. The average Bonchev–Trinajstić information content (AvgIpc) is 3.29. The molecule has 4 aromatic carbocycles. The molecule has 0 saturated heterocycles. The smallest absolute Gasteiger partial charge is 0.352 e. The van der Waals surface area contributed by atoms with Gasteiger partial charge >= 0.3 is 6.18 Å². The zero-order chi connectivity index (χ0) is 26.5. The number of nitrogens with zero attached hydrogens (tertiary/aromatic N) is 1. The first-order chi connectivity index (χ1) is 18.4. The Morgan fingerprint density at radius 3 is 2.03 bits per heavy atom. The van der Waals surface area contributed by atoms with Crippen LogP contribution in [-0.2, 0) is 24.1 Å². The molecule has 5 aromatic rings. The minimum Gasteiger partial charge on any atom is -0.352 e. The van der Waals surface area contributed by atoms with Gasteiger partial charge in [-0.25, -0.2) is 0 Å². The van der Waals surface area contributed by atoms with Crippen LogP contribution in [0, 0.1) is 0 Å². The van der Waals surface area contributed by atoms with Crippen molar-refractivity contribution in [2.24, 2.45) is 0 Å². The summed E-state index contributed by atoms with van der Waals surface area (Å²) in [6.07, 6.45) is -2.28. The lowest BCUT2D eigenvalue weighted by atomic mass is 9.87. The monoisotopic (exact) mass is 512 g/mol. The highest BCUT2D eigenvalue weighted by Gasteiger charge is 2.31. The summed E-state index contributed by atoms with van der Waals surface area (Å²) in [6, 6.07) is 32.8. The van der Waals surface area contributed by atoms with E-state index in [1.165, 1.54) is 12.1 Å². The first-order valence-corrected chi connectivity index (χ1v) is 12.5. The Hall–Kier alpha value is -4.32. The molecular formula is C32H27F3N2O. The van der Waals surface area contributed by atoms with Crippen molar-refractivity contribution in [3.05, 3.63) is 143 Å². The van der Waals surface area contributed by atoms with E-state index in [4.69, 9.17) is 0 Å². The Bertz CT molecular complexity index is 1510. The van der Waals surface area contributed by atoms with E-state index in [1.807, 2.05) is 79.0 Å². The molecule has 1 unspecified atom stereocenters. The molecule has 0 aliphatic rings. The maximum Gasteiger partial charge on any atom is 0.416 e. The van der Waals surface area contributed by atoms with Gasteiger partial charge in [0.1, 0.15) is 0 Å². The first-order valence-electron chi connectivity index (χ1n) is 12.5. The van der Waals surface area contributed by atoms with E-state index in [2.05, 4.69) is 22.0 Å². The van der Waals surface area contributed by atoms with Crippen LogP contribution in [0.1, 0.15) is 40.2 Å². The molecule has 1 heterocycles. The Morgan fingerprint density at radius 2 is 1.37 bits per heavy atom. The lowest BCUT2D eigenvalue weighted by Gasteiger charge is -2.18.